The zero-order chi connectivity index (χ0) is 18.2. The Hall–Kier alpha value is -2.34. The number of piperidine rings is 1. The minimum absolute atomic E-state index is 0.478. The number of hydrogen-bond acceptors (Lipinski definition) is 4. The molecule has 6 nitrogen and oxygen atoms in total. The highest BCUT2D eigenvalue weighted by molar-refractivity contribution is 5.79. The van der Waals surface area contributed by atoms with Crippen LogP contribution in [-0.2, 0) is 6.54 Å². The summed E-state index contributed by atoms with van der Waals surface area (Å²) in [6, 6.07) is 12.5. The van der Waals surface area contributed by atoms with Crippen molar-refractivity contribution in [3.63, 3.8) is 0 Å². The second kappa shape index (κ2) is 9.38. The molecule has 0 radical (unpaired) electrons. The van der Waals surface area contributed by atoms with E-state index in [1.807, 2.05) is 36.4 Å². The molecule has 1 saturated heterocycles. The predicted molar refractivity (Wildman–Crippen MR) is 105 cm³/mol. The molecule has 140 valence electrons. The van der Waals surface area contributed by atoms with Gasteiger partial charge >= 0.3 is 0 Å². The van der Waals surface area contributed by atoms with Gasteiger partial charge in [0.15, 0.2) is 11.7 Å². The molecule has 0 unspecified atom stereocenters. The summed E-state index contributed by atoms with van der Waals surface area (Å²) in [5, 5.41) is 11.0. The molecule has 1 aliphatic rings. The molecule has 0 spiro atoms. The second-order valence-electron chi connectivity index (χ2n) is 6.73. The summed E-state index contributed by atoms with van der Waals surface area (Å²) in [6.07, 6.45) is 3.54. The van der Waals surface area contributed by atoms with Gasteiger partial charge < -0.3 is 20.1 Å². The molecule has 0 aliphatic carbocycles. The van der Waals surface area contributed by atoms with Crippen LogP contribution in [0.5, 0.6) is 0 Å². The van der Waals surface area contributed by atoms with Gasteiger partial charge in [0.05, 0.1) is 6.54 Å². The summed E-state index contributed by atoms with van der Waals surface area (Å²) in [6.45, 7) is 6.35. The summed E-state index contributed by atoms with van der Waals surface area (Å²) >= 11 is 0. The molecule has 0 atom stereocenters. The molecule has 2 aromatic rings. The average molecular weight is 355 g/mol. The number of likely N-dealkylation sites (tertiary alicyclic amines) is 1. The third-order valence-electron chi connectivity index (χ3n) is 4.75. The normalized spacial score (nSPS) is 16.6. The Morgan fingerprint density at radius 3 is 2.73 bits per heavy atom. The topological polar surface area (TPSA) is 65.7 Å². The van der Waals surface area contributed by atoms with Crippen LogP contribution in [0.2, 0.25) is 0 Å². The first-order valence-electron chi connectivity index (χ1n) is 9.49. The van der Waals surface area contributed by atoms with E-state index in [1.165, 1.54) is 13.0 Å². The van der Waals surface area contributed by atoms with Gasteiger partial charge in [0.1, 0.15) is 5.69 Å². The molecule has 2 heterocycles. The summed E-state index contributed by atoms with van der Waals surface area (Å²) in [7, 11) is 1.81. The van der Waals surface area contributed by atoms with Crippen molar-refractivity contribution >= 4 is 5.96 Å². The minimum atomic E-state index is 0.478. The van der Waals surface area contributed by atoms with Crippen LogP contribution in [0.3, 0.4) is 0 Å². The van der Waals surface area contributed by atoms with Crippen LogP contribution < -0.4 is 10.6 Å². The summed E-state index contributed by atoms with van der Waals surface area (Å²) in [4.78, 5) is 6.88. The molecule has 1 fully saturated rings. The van der Waals surface area contributed by atoms with Gasteiger partial charge in [-0.15, -0.1) is 0 Å². The molecule has 3 rings (SSSR count). The van der Waals surface area contributed by atoms with E-state index in [9.17, 15) is 0 Å². The van der Waals surface area contributed by atoms with Crippen LogP contribution in [0, 0.1) is 0 Å². The summed E-state index contributed by atoms with van der Waals surface area (Å²) < 4.78 is 5.45. The number of guanidine groups is 1. The quantitative estimate of drug-likeness (QED) is 0.616. The Morgan fingerprint density at radius 1 is 1.27 bits per heavy atom. The van der Waals surface area contributed by atoms with Gasteiger partial charge in [0.2, 0.25) is 0 Å². The van der Waals surface area contributed by atoms with Gasteiger partial charge in [-0.05, 0) is 25.8 Å². The van der Waals surface area contributed by atoms with Crippen molar-refractivity contribution in [2.45, 2.75) is 38.8 Å². The molecule has 0 amide bonds. The monoisotopic (exact) mass is 355 g/mol. The summed E-state index contributed by atoms with van der Waals surface area (Å²) in [5.41, 5.74) is 1.90. The van der Waals surface area contributed by atoms with Gasteiger partial charge in [0.25, 0.3) is 0 Å². The van der Waals surface area contributed by atoms with E-state index in [0.29, 0.717) is 12.6 Å². The first-order valence-corrected chi connectivity index (χ1v) is 9.49. The molecule has 2 N–H and O–H groups in total. The average Bonchev–Trinajstić information content (AvgIpc) is 3.16. The Morgan fingerprint density at radius 2 is 2.04 bits per heavy atom. The number of hydrogen-bond donors (Lipinski definition) is 2. The van der Waals surface area contributed by atoms with Crippen molar-refractivity contribution in [1.29, 1.82) is 0 Å². The first-order chi connectivity index (χ1) is 12.8. The SMILES string of the molecule is CCCN1CCC(NC(=NC)NCc2cc(-c3ccccc3)on2)CC1. The Balaban J connectivity index is 1.47. The maximum Gasteiger partial charge on any atom is 0.191 e. The smallest absolute Gasteiger partial charge is 0.191 e. The molecule has 0 bridgehead atoms. The lowest BCUT2D eigenvalue weighted by Crippen LogP contribution is -2.48. The van der Waals surface area contributed by atoms with Gasteiger partial charge in [-0.3, -0.25) is 4.99 Å². The maximum absolute atomic E-state index is 5.45. The lowest BCUT2D eigenvalue weighted by Gasteiger charge is -2.32. The van der Waals surface area contributed by atoms with Gasteiger partial charge in [-0.2, -0.15) is 0 Å². The van der Waals surface area contributed by atoms with E-state index in [-0.39, 0.29) is 0 Å². The van der Waals surface area contributed by atoms with Crippen molar-refractivity contribution in [1.82, 2.24) is 20.7 Å². The van der Waals surface area contributed by atoms with Crippen LogP contribution in [-0.4, -0.2) is 48.7 Å². The van der Waals surface area contributed by atoms with Gasteiger partial charge in [-0.25, -0.2) is 0 Å². The fourth-order valence-corrected chi connectivity index (χ4v) is 3.31. The number of aromatic nitrogens is 1. The van der Waals surface area contributed by atoms with Crippen molar-refractivity contribution in [3.8, 4) is 11.3 Å². The fraction of sp³-hybridized carbons (Fsp3) is 0.500. The van der Waals surface area contributed by atoms with E-state index in [2.05, 4.69) is 32.6 Å². The summed E-state index contributed by atoms with van der Waals surface area (Å²) in [5.74, 6) is 1.61. The van der Waals surface area contributed by atoms with Crippen LogP contribution in [0.1, 0.15) is 31.9 Å². The van der Waals surface area contributed by atoms with E-state index < -0.39 is 0 Å². The highest BCUT2D eigenvalue weighted by Crippen LogP contribution is 2.19. The third-order valence-corrected chi connectivity index (χ3v) is 4.75. The second-order valence-corrected chi connectivity index (χ2v) is 6.73. The number of aliphatic imine (C=N–C) groups is 1. The number of rotatable bonds is 6. The highest BCUT2D eigenvalue weighted by Gasteiger charge is 2.19. The molecular formula is C20H29N5O. The van der Waals surface area contributed by atoms with Crippen LogP contribution >= 0.6 is 0 Å². The van der Waals surface area contributed by atoms with Crippen molar-refractivity contribution in [2.24, 2.45) is 4.99 Å². The van der Waals surface area contributed by atoms with E-state index in [4.69, 9.17) is 4.52 Å². The largest absolute Gasteiger partial charge is 0.356 e. The van der Waals surface area contributed by atoms with Crippen molar-refractivity contribution < 1.29 is 4.52 Å². The molecule has 6 heteroatoms. The van der Waals surface area contributed by atoms with E-state index >= 15 is 0 Å². The van der Waals surface area contributed by atoms with Crippen molar-refractivity contribution in [3.05, 3.63) is 42.1 Å². The Bertz CT molecular complexity index is 689. The highest BCUT2D eigenvalue weighted by atomic mass is 16.5. The zero-order valence-electron chi connectivity index (χ0n) is 15.7. The number of nitrogens with zero attached hydrogens (tertiary/aromatic N) is 3. The zero-order valence-corrected chi connectivity index (χ0v) is 15.7. The molecule has 0 saturated carbocycles. The standard InChI is InChI=1S/C20H29N5O/c1-3-11-25-12-9-17(10-13-25)23-20(21-2)22-15-18-14-19(26-24-18)16-7-5-4-6-8-16/h4-8,14,17H,3,9-13,15H2,1-2H3,(H2,21,22,23). The third kappa shape index (κ3) is 5.08. The molecular weight excluding hydrogens is 326 g/mol. The van der Waals surface area contributed by atoms with E-state index in [1.54, 1.807) is 7.05 Å². The first kappa shape index (κ1) is 18.5. The van der Waals surface area contributed by atoms with Gasteiger partial charge in [0, 0.05) is 37.8 Å². The maximum atomic E-state index is 5.45. The number of benzene rings is 1. The predicted octanol–water partition coefficient (Wildman–Crippen LogP) is 2.88. The lowest BCUT2D eigenvalue weighted by atomic mass is 10.1. The van der Waals surface area contributed by atoms with Gasteiger partial charge in [-0.1, -0.05) is 42.4 Å². The van der Waals surface area contributed by atoms with Crippen LogP contribution in [0.15, 0.2) is 45.9 Å². The molecule has 1 aromatic carbocycles. The Labute approximate surface area is 155 Å². The van der Waals surface area contributed by atoms with Crippen molar-refractivity contribution in [2.75, 3.05) is 26.7 Å². The number of nitrogens with one attached hydrogen (secondary N) is 2. The van der Waals surface area contributed by atoms with E-state index in [0.717, 1.165) is 48.9 Å². The van der Waals surface area contributed by atoms with Crippen LogP contribution in [0.25, 0.3) is 11.3 Å². The fourth-order valence-electron chi connectivity index (χ4n) is 3.31. The Kier molecular flexibility index (Phi) is 6.66. The minimum Gasteiger partial charge on any atom is -0.356 e. The molecule has 1 aromatic heterocycles. The molecule has 26 heavy (non-hydrogen) atoms. The molecule has 1 aliphatic heterocycles. The van der Waals surface area contributed by atoms with Crippen LogP contribution in [0.4, 0.5) is 0 Å². The lowest BCUT2D eigenvalue weighted by molar-refractivity contribution is 0.206.